The molecule has 136 valence electrons. The van der Waals surface area contributed by atoms with Crippen LogP contribution in [0.25, 0.3) is 0 Å². The van der Waals surface area contributed by atoms with Gasteiger partial charge in [-0.05, 0) is 41.9 Å². The zero-order chi connectivity index (χ0) is 18.2. The molecule has 0 heterocycles. The van der Waals surface area contributed by atoms with Crippen LogP contribution in [0.15, 0.2) is 12.1 Å². The summed E-state index contributed by atoms with van der Waals surface area (Å²) >= 11 is 0. The number of unbranched alkanes of at least 4 members (excludes halogenated alkanes) is 4. The predicted molar refractivity (Wildman–Crippen MR) is 99.6 cm³/mol. The fourth-order valence-electron chi connectivity index (χ4n) is 2.78. The van der Waals surface area contributed by atoms with Gasteiger partial charge in [0.05, 0.1) is 6.61 Å². The average molecular weight is 335 g/mol. The molecule has 0 unspecified atom stereocenters. The fraction of sp³-hybridized carbons (Fsp3) is 0.667. The Bertz CT molecular complexity index is 527. The van der Waals surface area contributed by atoms with Crippen LogP contribution in [-0.4, -0.2) is 17.7 Å². The van der Waals surface area contributed by atoms with Gasteiger partial charge in [-0.1, -0.05) is 65.5 Å². The van der Waals surface area contributed by atoms with Crippen LogP contribution in [0, 0.1) is 6.92 Å². The van der Waals surface area contributed by atoms with E-state index in [-0.39, 0.29) is 11.4 Å². The van der Waals surface area contributed by atoms with Crippen LogP contribution in [0.2, 0.25) is 0 Å². The third-order valence-corrected chi connectivity index (χ3v) is 4.30. The SMILES string of the molecule is CCCCCCCOC(=O)CCc1cc(C)c(O)c(C(C)(C)C)c1. The summed E-state index contributed by atoms with van der Waals surface area (Å²) in [6.07, 6.45) is 6.83. The van der Waals surface area contributed by atoms with E-state index >= 15 is 0 Å². The lowest BCUT2D eigenvalue weighted by atomic mass is 9.83. The normalized spacial score (nSPS) is 11.5. The van der Waals surface area contributed by atoms with Crippen molar-refractivity contribution in [3.8, 4) is 5.75 Å². The molecule has 0 saturated heterocycles. The monoisotopic (exact) mass is 334 g/mol. The summed E-state index contributed by atoms with van der Waals surface area (Å²) in [4.78, 5) is 11.9. The number of carbonyl (C=O) groups is 1. The van der Waals surface area contributed by atoms with Gasteiger partial charge in [-0.15, -0.1) is 0 Å². The number of carbonyl (C=O) groups excluding carboxylic acids is 1. The Kier molecular flexibility index (Phi) is 8.30. The van der Waals surface area contributed by atoms with Gasteiger partial charge in [0.1, 0.15) is 5.75 Å². The zero-order valence-electron chi connectivity index (χ0n) is 16.1. The van der Waals surface area contributed by atoms with Crippen molar-refractivity contribution in [2.75, 3.05) is 6.61 Å². The molecule has 0 saturated carbocycles. The van der Waals surface area contributed by atoms with Gasteiger partial charge in [-0.2, -0.15) is 0 Å². The molecule has 3 nitrogen and oxygen atoms in total. The molecule has 0 aliphatic heterocycles. The first-order valence-electron chi connectivity index (χ1n) is 9.24. The summed E-state index contributed by atoms with van der Waals surface area (Å²) in [5.74, 6) is 0.231. The van der Waals surface area contributed by atoms with Crippen LogP contribution in [0.4, 0.5) is 0 Å². The standard InChI is InChI=1S/C21H34O3/c1-6-7-8-9-10-13-24-19(22)12-11-17-14-16(2)20(23)18(15-17)21(3,4)5/h14-15,23H,6-13H2,1-5H3. The van der Waals surface area contributed by atoms with E-state index in [4.69, 9.17) is 4.74 Å². The highest BCUT2D eigenvalue weighted by atomic mass is 16.5. The second kappa shape index (κ2) is 9.71. The zero-order valence-corrected chi connectivity index (χ0v) is 16.1. The van der Waals surface area contributed by atoms with Crippen LogP contribution in [0.1, 0.15) is 82.9 Å². The average Bonchev–Trinajstić information content (AvgIpc) is 2.50. The molecule has 1 aromatic rings. The highest BCUT2D eigenvalue weighted by molar-refractivity contribution is 5.69. The van der Waals surface area contributed by atoms with E-state index in [1.54, 1.807) is 0 Å². The van der Waals surface area contributed by atoms with Crippen molar-refractivity contribution >= 4 is 5.97 Å². The summed E-state index contributed by atoms with van der Waals surface area (Å²) in [5, 5.41) is 10.2. The number of rotatable bonds is 9. The number of phenolic OH excluding ortho intramolecular Hbond substituents is 1. The Morgan fingerprint density at radius 3 is 2.42 bits per heavy atom. The molecule has 3 heteroatoms. The lowest BCUT2D eigenvalue weighted by Crippen LogP contribution is -2.13. The Labute approximate surface area is 147 Å². The van der Waals surface area contributed by atoms with Crippen LogP contribution in [0.5, 0.6) is 5.75 Å². The summed E-state index contributed by atoms with van der Waals surface area (Å²) < 4.78 is 5.31. The Hall–Kier alpha value is -1.51. The van der Waals surface area contributed by atoms with Gasteiger partial charge in [-0.3, -0.25) is 4.79 Å². The molecular weight excluding hydrogens is 300 g/mol. The number of esters is 1. The molecule has 1 rings (SSSR count). The quantitative estimate of drug-likeness (QED) is 0.483. The highest BCUT2D eigenvalue weighted by Gasteiger charge is 2.20. The van der Waals surface area contributed by atoms with E-state index in [9.17, 15) is 9.90 Å². The molecular formula is C21H34O3. The number of benzene rings is 1. The van der Waals surface area contributed by atoms with E-state index in [0.717, 1.165) is 29.5 Å². The molecule has 1 aromatic carbocycles. The largest absolute Gasteiger partial charge is 0.507 e. The van der Waals surface area contributed by atoms with E-state index in [1.807, 2.05) is 19.1 Å². The Morgan fingerprint density at radius 1 is 1.12 bits per heavy atom. The molecule has 0 spiro atoms. The van der Waals surface area contributed by atoms with Gasteiger partial charge in [0.15, 0.2) is 0 Å². The fourth-order valence-corrected chi connectivity index (χ4v) is 2.78. The highest BCUT2D eigenvalue weighted by Crippen LogP contribution is 2.34. The summed E-state index contributed by atoms with van der Waals surface area (Å²) in [6.45, 7) is 10.9. The molecule has 0 aliphatic rings. The number of hydrogen-bond acceptors (Lipinski definition) is 3. The third kappa shape index (κ3) is 6.94. The Balaban J connectivity index is 2.47. The van der Waals surface area contributed by atoms with Crippen molar-refractivity contribution in [3.63, 3.8) is 0 Å². The maximum absolute atomic E-state index is 11.9. The summed E-state index contributed by atoms with van der Waals surface area (Å²) in [7, 11) is 0. The molecule has 0 bridgehead atoms. The molecule has 0 amide bonds. The van der Waals surface area contributed by atoms with Crippen molar-refractivity contribution in [1.29, 1.82) is 0 Å². The van der Waals surface area contributed by atoms with Gasteiger partial charge < -0.3 is 9.84 Å². The minimum absolute atomic E-state index is 0.121. The second-order valence-corrected chi connectivity index (χ2v) is 7.69. The molecule has 1 N–H and O–H groups in total. The van der Waals surface area contributed by atoms with Gasteiger partial charge in [0, 0.05) is 6.42 Å². The van der Waals surface area contributed by atoms with E-state index < -0.39 is 0 Å². The maximum atomic E-state index is 11.9. The first-order chi connectivity index (χ1) is 11.3. The maximum Gasteiger partial charge on any atom is 0.306 e. The lowest BCUT2D eigenvalue weighted by molar-refractivity contribution is -0.143. The number of aryl methyl sites for hydroxylation is 2. The number of aromatic hydroxyl groups is 1. The van der Waals surface area contributed by atoms with Crippen molar-refractivity contribution < 1.29 is 14.6 Å². The molecule has 24 heavy (non-hydrogen) atoms. The number of hydrogen-bond donors (Lipinski definition) is 1. The Morgan fingerprint density at radius 2 is 1.79 bits per heavy atom. The van der Waals surface area contributed by atoms with Crippen LogP contribution in [0.3, 0.4) is 0 Å². The van der Waals surface area contributed by atoms with Crippen molar-refractivity contribution in [2.45, 2.75) is 85.0 Å². The van der Waals surface area contributed by atoms with Crippen LogP contribution in [-0.2, 0) is 21.4 Å². The van der Waals surface area contributed by atoms with Crippen LogP contribution >= 0.6 is 0 Å². The molecule has 0 aliphatic carbocycles. The molecule has 0 atom stereocenters. The minimum Gasteiger partial charge on any atom is -0.507 e. The summed E-state index contributed by atoms with van der Waals surface area (Å²) in [5.41, 5.74) is 2.75. The smallest absolute Gasteiger partial charge is 0.306 e. The van der Waals surface area contributed by atoms with E-state index in [2.05, 4.69) is 27.7 Å². The van der Waals surface area contributed by atoms with Gasteiger partial charge in [0.2, 0.25) is 0 Å². The van der Waals surface area contributed by atoms with Gasteiger partial charge >= 0.3 is 5.97 Å². The minimum atomic E-state index is -0.131. The molecule has 0 radical (unpaired) electrons. The third-order valence-electron chi connectivity index (χ3n) is 4.30. The predicted octanol–water partition coefficient (Wildman–Crippen LogP) is 5.44. The van der Waals surface area contributed by atoms with Gasteiger partial charge in [0.25, 0.3) is 0 Å². The topological polar surface area (TPSA) is 46.5 Å². The van der Waals surface area contributed by atoms with Crippen molar-refractivity contribution in [1.82, 2.24) is 0 Å². The van der Waals surface area contributed by atoms with E-state index in [0.29, 0.717) is 25.2 Å². The summed E-state index contributed by atoms with van der Waals surface area (Å²) in [6, 6.07) is 3.98. The first-order valence-corrected chi connectivity index (χ1v) is 9.24. The van der Waals surface area contributed by atoms with Crippen molar-refractivity contribution in [3.05, 3.63) is 28.8 Å². The number of ether oxygens (including phenoxy) is 1. The molecule has 0 aromatic heterocycles. The lowest BCUT2D eigenvalue weighted by Gasteiger charge is -2.22. The number of phenols is 1. The van der Waals surface area contributed by atoms with Crippen LogP contribution < -0.4 is 0 Å². The second-order valence-electron chi connectivity index (χ2n) is 7.69. The van der Waals surface area contributed by atoms with Crippen molar-refractivity contribution in [2.24, 2.45) is 0 Å². The van der Waals surface area contributed by atoms with E-state index in [1.165, 1.54) is 19.3 Å². The first kappa shape index (κ1) is 20.5. The molecule has 0 fully saturated rings. The van der Waals surface area contributed by atoms with Gasteiger partial charge in [-0.25, -0.2) is 0 Å².